The van der Waals surface area contributed by atoms with Gasteiger partial charge in [0, 0.05) is 19.7 Å². The van der Waals surface area contributed by atoms with Gasteiger partial charge in [0.2, 0.25) is 5.91 Å². The second-order valence-corrected chi connectivity index (χ2v) is 5.55. The molecule has 0 saturated carbocycles. The van der Waals surface area contributed by atoms with E-state index < -0.39 is 0 Å². The van der Waals surface area contributed by atoms with Gasteiger partial charge in [-0.05, 0) is 44.1 Å². The van der Waals surface area contributed by atoms with Gasteiger partial charge in [0.25, 0.3) is 0 Å². The molecule has 0 bridgehead atoms. The van der Waals surface area contributed by atoms with Crippen molar-refractivity contribution in [2.24, 2.45) is 0 Å². The maximum atomic E-state index is 12.0. The number of piperidine rings is 1. The molecule has 0 aliphatic carbocycles. The quantitative estimate of drug-likeness (QED) is 0.798. The lowest BCUT2D eigenvalue weighted by atomic mass is 9.96. The predicted octanol–water partition coefficient (Wildman–Crippen LogP) is 3.04. The topological polar surface area (TPSA) is 29.5 Å². The molecule has 1 aliphatic rings. The third kappa shape index (κ3) is 4.34. The molecule has 3 nitrogen and oxygen atoms in total. The van der Waals surface area contributed by atoms with Crippen molar-refractivity contribution in [1.82, 2.24) is 4.90 Å². The summed E-state index contributed by atoms with van der Waals surface area (Å²) in [5.41, 5.74) is 1.39. The van der Waals surface area contributed by atoms with Crippen molar-refractivity contribution >= 4 is 5.91 Å². The van der Waals surface area contributed by atoms with E-state index in [2.05, 4.69) is 30.3 Å². The SMILES string of the molecule is COCC(=O)N1CCCC[C@H]1CCCc1ccccc1. The molecule has 0 unspecified atom stereocenters. The Kier molecular flexibility index (Phi) is 6.06. The van der Waals surface area contributed by atoms with Gasteiger partial charge in [-0.1, -0.05) is 30.3 Å². The van der Waals surface area contributed by atoms with Crippen LogP contribution in [0, 0.1) is 0 Å². The van der Waals surface area contributed by atoms with Crippen LogP contribution in [0.4, 0.5) is 0 Å². The first-order valence-electron chi connectivity index (χ1n) is 7.63. The first kappa shape index (κ1) is 15.0. The van der Waals surface area contributed by atoms with E-state index in [1.807, 2.05) is 4.90 Å². The van der Waals surface area contributed by atoms with Crippen LogP contribution in [-0.2, 0) is 16.0 Å². The van der Waals surface area contributed by atoms with Gasteiger partial charge in [0.1, 0.15) is 6.61 Å². The lowest BCUT2D eigenvalue weighted by Gasteiger charge is -2.35. The summed E-state index contributed by atoms with van der Waals surface area (Å²) in [4.78, 5) is 14.1. The number of carbonyl (C=O) groups is 1. The molecule has 1 heterocycles. The molecule has 3 heteroatoms. The van der Waals surface area contributed by atoms with Gasteiger partial charge < -0.3 is 9.64 Å². The second kappa shape index (κ2) is 8.05. The molecule has 2 rings (SSSR count). The van der Waals surface area contributed by atoms with Crippen molar-refractivity contribution in [1.29, 1.82) is 0 Å². The molecule has 1 aromatic rings. The summed E-state index contributed by atoms with van der Waals surface area (Å²) in [6.07, 6.45) is 6.86. The van der Waals surface area contributed by atoms with Crippen LogP contribution in [0.1, 0.15) is 37.7 Å². The lowest BCUT2D eigenvalue weighted by Crippen LogP contribution is -2.45. The normalized spacial score (nSPS) is 19.1. The Morgan fingerprint density at radius 2 is 2.10 bits per heavy atom. The lowest BCUT2D eigenvalue weighted by molar-refractivity contribution is -0.139. The van der Waals surface area contributed by atoms with E-state index in [1.54, 1.807) is 7.11 Å². The van der Waals surface area contributed by atoms with Crippen molar-refractivity contribution in [2.75, 3.05) is 20.3 Å². The van der Waals surface area contributed by atoms with Crippen LogP contribution in [0.15, 0.2) is 30.3 Å². The number of amides is 1. The third-order valence-corrected chi connectivity index (χ3v) is 4.06. The van der Waals surface area contributed by atoms with Crippen LogP contribution in [0.2, 0.25) is 0 Å². The molecule has 1 fully saturated rings. The zero-order valence-corrected chi connectivity index (χ0v) is 12.4. The van der Waals surface area contributed by atoms with Gasteiger partial charge in [-0.2, -0.15) is 0 Å². The minimum absolute atomic E-state index is 0.150. The monoisotopic (exact) mass is 275 g/mol. The summed E-state index contributed by atoms with van der Waals surface area (Å²) in [6.45, 7) is 1.12. The van der Waals surface area contributed by atoms with E-state index in [0.717, 1.165) is 38.6 Å². The summed E-state index contributed by atoms with van der Waals surface area (Å²) in [5.74, 6) is 0.150. The smallest absolute Gasteiger partial charge is 0.248 e. The highest BCUT2D eigenvalue weighted by molar-refractivity contribution is 5.77. The Morgan fingerprint density at radius 3 is 2.85 bits per heavy atom. The number of hydrogen-bond donors (Lipinski definition) is 0. The molecule has 110 valence electrons. The van der Waals surface area contributed by atoms with E-state index in [9.17, 15) is 4.79 Å². The Morgan fingerprint density at radius 1 is 1.30 bits per heavy atom. The van der Waals surface area contributed by atoms with Gasteiger partial charge >= 0.3 is 0 Å². The van der Waals surface area contributed by atoms with Crippen molar-refractivity contribution in [3.05, 3.63) is 35.9 Å². The summed E-state index contributed by atoms with van der Waals surface area (Å²) in [7, 11) is 1.59. The number of rotatable bonds is 6. The zero-order valence-electron chi connectivity index (χ0n) is 12.4. The largest absolute Gasteiger partial charge is 0.375 e. The Labute approximate surface area is 121 Å². The molecular formula is C17H25NO2. The molecule has 1 amide bonds. The van der Waals surface area contributed by atoms with Crippen LogP contribution >= 0.6 is 0 Å². The number of ether oxygens (including phenoxy) is 1. The first-order chi connectivity index (χ1) is 9.81. The van der Waals surface area contributed by atoms with E-state index >= 15 is 0 Å². The number of hydrogen-bond acceptors (Lipinski definition) is 2. The molecule has 0 spiro atoms. The molecule has 1 atom stereocenters. The molecule has 1 aliphatic heterocycles. The summed E-state index contributed by atoms with van der Waals surface area (Å²) >= 11 is 0. The van der Waals surface area contributed by atoms with Crippen LogP contribution < -0.4 is 0 Å². The van der Waals surface area contributed by atoms with E-state index in [0.29, 0.717) is 6.04 Å². The minimum atomic E-state index is 0.150. The molecule has 0 N–H and O–H groups in total. The summed E-state index contributed by atoms with van der Waals surface area (Å²) < 4.78 is 4.99. The maximum Gasteiger partial charge on any atom is 0.248 e. The minimum Gasteiger partial charge on any atom is -0.375 e. The second-order valence-electron chi connectivity index (χ2n) is 5.55. The predicted molar refractivity (Wildman–Crippen MR) is 80.6 cm³/mol. The van der Waals surface area contributed by atoms with E-state index in [1.165, 1.54) is 12.0 Å². The van der Waals surface area contributed by atoms with Gasteiger partial charge in [-0.3, -0.25) is 4.79 Å². The van der Waals surface area contributed by atoms with Gasteiger partial charge in [0.05, 0.1) is 0 Å². The molecular weight excluding hydrogens is 250 g/mol. The number of methoxy groups -OCH3 is 1. The number of nitrogens with zero attached hydrogens (tertiary/aromatic N) is 1. The number of aryl methyl sites for hydroxylation is 1. The van der Waals surface area contributed by atoms with Gasteiger partial charge in [0.15, 0.2) is 0 Å². The molecule has 20 heavy (non-hydrogen) atoms. The Balaban J connectivity index is 1.81. The highest BCUT2D eigenvalue weighted by atomic mass is 16.5. The van der Waals surface area contributed by atoms with Crippen molar-refractivity contribution in [3.8, 4) is 0 Å². The molecule has 0 radical (unpaired) electrons. The van der Waals surface area contributed by atoms with E-state index in [4.69, 9.17) is 4.74 Å². The Bertz CT molecular complexity index is 405. The maximum absolute atomic E-state index is 12.0. The fraction of sp³-hybridized carbons (Fsp3) is 0.588. The molecule has 1 saturated heterocycles. The van der Waals surface area contributed by atoms with Crippen LogP contribution in [0.25, 0.3) is 0 Å². The third-order valence-electron chi connectivity index (χ3n) is 4.06. The molecule has 1 aromatic carbocycles. The van der Waals surface area contributed by atoms with Crippen LogP contribution in [0.5, 0.6) is 0 Å². The number of benzene rings is 1. The zero-order chi connectivity index (χ0) is 14.2. The van der Waals surface area contributed by atoms with Gasteiger partial charge in [-0.25, -0.2) is 0 Å². The number of carbonyl (C=O) groups excluding carboxylic acids is 1. The summed E-state index contributed by atoms with van der Waals surface area (Å²) in [6, 6.07) is 11.0. The Hall–Kier alpha value is -1.35. The van der Waals surface area contributed by atoms with E-state index in [-0.39, 0.29) is 12.5 Å². The van der Waals surface area contributed by atoms with Crippen LogP contribution in [0.3, 0.4) is 0 Å². The number of likely N-dealkylation sites (tertiary alicyclic amines) is 1. The molecule has 0 aromatic heterocycles. The van der Waals surface area contributed by atoms with Crippen LogP contribution in [-0.4, -0.2) is 37.1 Å². The fourth-order valence-corrected chi connectivity index (χ4v) is 3.02. The first-order valence-corrected chi connectivity index (χ1v) is 7.63. The van der Waals surface area contributed by atoms with Crippen molar-refractivity contribution in [2.45, 2.75) is 44.6 Å². The average Bonchev–Trinajstić information content (AvgIpc) is 2.49. The van der Waals surface area contributed by atoms with Crippen molar-refractivity contribution in [3.63, 3.8) is 0 Å². The fourth-order valence-electron chi connectivity index (χ4n) is 3.02. The highest BCUT2D eigenvalue weighted by Crippen LogP contribution is 2.22. The van der Waals surface area contributed by atoms with Crippen molar-refractivity contribution < 1.29 is 9.53 Å². The average molecular weight is 275 g/mol. The van der Waals surface area contributed by atoms with Gasteiger partial charge in [-0.15, -0.1) is 0 Å². The summed E-state index contributed by atoms with van der Waals surface area (Å²) in [5, 5.41) is 0. The standard InChI is InChI=1S/C17H25NO2/c1-20-14-17(19)18-13-6-5-11-16(18)12-7-10-15-8-3-2-4-9-15/h2-4,8-9,16H,5-7,10-14H2,1H3/t16-/m0/s1. The highest BCUT2D eigenvalue weighted by Gasteiger charge is 2.25.